The molecule has 1 aromatic rings. The van der Waals surface area contributed by atoms with Crippen molar-refractivity contribution in [3.05, 3.63) is 22.7 Å². The van der Waals surface area contributed by atoms with Crippen molar-refractivity contribution in [1.29, 1.82) is 0 Å². The summed E-state index contributed by atoms with van der Waals surface area (Å²) >= 11 is 5.56. The van der Waals surface area contributed by atoms with Gasteiger partial charge in [0.2, 0.25) is 0 Å². The summed E-state index contributed by atoms with van der Waals surface area (Å²) in [7, 11) is 3.64. The molecule has 0 N–H and O–H groups in total. The number of nitrogens with zero attached hydrogens (tertiary/aromatic N) is 4. The molecule has 0 spiro atoms. The summed E-state index contributed by atoms with van der Waals surface area (Å²) in [5.41, 5.74) is -0.438. The fourth-order valence-electron chi connectivity index (χ4n) is 1.60. The molecule has 1 saturated heterocycles. The van der Waals surface area contributed by atoms with Gasteiger partial charge in [0.1, 0.15) is 12.5 Å². The molecule has 0 amide bonds. The van der Waals surface area contributed by atoms with Gasteiger partial charge < -0.3 is 14.2 Å². The van der Waals surface area contributed by atoms with Gasteiger partial charge in [0.15, 0.2) is 5.82 Å². The Kier molecular flexibility index (Phi) is 5.16. The second kappa shape index (κ2) is 6.70. The normalized spacial score (nSPS) is 26.1. The molecule has 1 aromatic heterocycles. The minimum atomic E-state index is -3.14. The first kappa shape index (κ1) is 16.2. The number of halogens is 1. The van der Waals surface area contributed by atoms with Crippen LogP contribution in [-0.2, 0) is 20.4 Å². The van der Waals surface area contributed by atoms with Crippen LogP contribution in [0.4, 0.5) is 5.82 Å². The zero-order valence-corrected chi connectivity index (χ0v) is 13.3. The number of rotatable bonds is 4. The summed E-state index contributed by atoms with van der Waals surface area (Å²) in [5, 5.41) is 0. The number of aliphatic imine (C=N–C) groups is 1. The maximum absolute atomic E-state index is 11.9. The summed E-state index contributed by atoms with van der Waals surface area (Å²) < 4.78 is 23.1. The van der Waals surface area contributed by atoms with E-state index in [2.05, 4.69) is 9.98 Å². The van der Waals surface area contributed by atoms with Crippen LogP contribution in [0, 0.1) is 0 Å². The van der Waals surface area contributed by atoms with Gasteiger partial charge in [-0.25, -0.2) is 9.79 Å². The van der Waals surface area contributed by atoms with Gasteiger partial charge in [-0.3, -0.25) is 9.13 Å². The highest BCUT2D eigenvalue weighted by molar-refractivity contribution is 7.85. The molecule has 0 saturated carbocycles. The lowest BCUT2D eigenvalue weighted by atomic mass is 10.3. The van der Waals surface area contributed by atoms with Crippen molar-refractivity contribution in [3.8, 4) is 0 Å². The average Bonchev–Trinajstić information content (AvgIpc) is 2.41. The van der Waals surface area contributed by atoms with Gasteiger partial charge in [-0.2, -0.15) is 4.98 Å². The second-order valence-corrected chi connectivity index (χ2v) is 7.97. The van der Waals surface area contributed by atoms with E-state index in [1.165, 1.54) is 4.57 Å². The minimum absolute atomic E-state index is 0.0771. The highest BCUT2D eigenvalue weighted by atomic mass is 35.7. The van der Waals surface area contributed by atoms with Crippen molar-refractivity contribution >= 4 is 30.1 Å². The average molecular weight is 335 g/mol. The Labute approximate surface area is 126 Å². The number of ether oxygens (including phenoxy) is 1. The van der Waals surface area contributed by atoms with Crippen LogP contribution in [0.2, 0.25) is 0 Å². The molecule has 0 radical (unpaired) electrons. The van der Waals surface area contributed by atoms with E-state index in [1.807, 2.05) is 14.1 Å². The van der Waals surface area contributed by atoms with E-state index in [0.29, 0.717) is 5.82 Å². The van der Waals surface area contributed by atoms with Gasteiger partial charge in [-0.15, -0.1) is 0 Å². The lowest BCUT2D eigenvalue weighted by Gasteiger charge is -2.26. The van der Waals surface area contributed by atoms with Crippen LogP contribution in [0.15, 0.2) is 22.1 Å². The van der Waals surface area contributed by atoms with E-state index in [1.54, 1.807) is 23.5 Å². The van der Waals surface area contributed by atoms with Crippen molar-refractivity contribution in [1.82, 2.24) is 14.5 Å². The number of aromatic nitrogens is 2. The van der Waals surface area contributed by atoms with Gasteiger partial charge in [-0.05, 0) is 17.3 Å². The van der Waals surface area contributed by atoms with E-state index < -0.39 is 12.4 Å². The molecule has 116 valence electrons. The maximum atomic E-state index is 11.9. The summed E-state index contributed by atoms with van der Waals surface area (Å²) in [4.78, 5) is 21.5. The lowest BCUT2D eigenvalue weighted by molar-refractivity contribution is 0.00610. The largest absolute Gasteiger partial charge is 0.369 e. The first-order valence-electron chi connectivity index (χ1n) is 6.19. The molecular weight excluding hydrogens is 319 g/mol. The van der Waals surface area contributed by atoms with Crippen LogP contribution >= 0.6 is 18.0 Å². The Morgan fingerprint density at radius 1 is 1.67 bits per heavy atom. The van der Waals surface area contributed by atoms with Crippen LogP contribution in [0.1, 0.15) is 0 Å². The quantitative estimate of drug-likeness (QED) is 0.468. The zero-order valence-electron chi connectivity index (χ0n) is 11.7. The molecular formula is C11H16ClN4O4P. The summed E-state index contributed by atoms with van der Waals surface area (Å²) in [5.74, 6) is 0.330. The molecule has 2 atom stereocenters. The Hall–Kier alpha value is -1.21. The van der Waals surface area contributed by atoms with Gasteiger partial charge in [0.05, 0.1) is 19.5 Å². The van der Waals surface area contributed by atoms with E-state index in [9.17, 15) is 9.36 Å². The molecule has 0 aliphatic carbocycles. The van der Waals surface area contributed by atoms with Crippen LogP contribution in [0.25, 0.3) is 0 Å². The molecule has 1 aliphatic rings. The van der Waals surface area contributed by atoms with E-state index >= 15 is 0 Å². The Morgan fingerprint density at radius 2 is 2.43 bits per heavy atom. The number of hydrogen-bond acceptors (Lipinski definition) is 6. The predicted octanol–water partition coefficient (Wildman–Crippen LogP) is 1.27. The fourth-order valence-corrected chi connectivity index (χ4v) is 2.79. The molecule has 2 rings (SSSR count). The summed E-state index contributed by atoms with van der Waals surface area (Å²) in [6.07, 6.45) is 2.59. The Bertz CT molecular complexity index is 621. The molecule has 8 nitrogen and oxygen atoms in total. The smallest absolute Gasteiger partial charge is 0.349 e. The van der Waals surface area contributed by atoms with Crippen molar-refractivity contribution in [2.75, 3.05) is 27.1 Å². The molecule has 1 aliphatic heterocycles. The van der Waals surface area contributed by atoms with Crippen LogP contribution in [0.5, 0.6) is 0 Å². The lowest BCUT2D eigenvalue weighted by Crippen LogP contribution is -2.34. The predicted molar refractivity (Wildman–Crippen MR) is 79.5 cm³/mol. The highest BCUT2D eigenvalue weighted by Crippen LogP contribution is 2.54. The van der Waals surface area contributed by atoms with E-state index in [4.69, 9.17) is 20.5 Å². The van der Waals surface area contributed by atoms with Crippen LogP contribution in [-0.4, -0.2) is 53.9 Å². The topological polar surface area (TPSA) is 86.0 Å². The SMILES string of the molecule is CN(C)/C=N\c1ccn(C[C@H]2COP(=O)(Cl)CO2)c(=O)n1. The first-order chi connectivity index (χ1) is 9.85. The van der Waals surface area contributed by atoms with Crippen molar-refractivity contribution in [2.24, 2.45) is 4.99 Å². The van der Waals surface area contributed by atoms with Crippen molar-refractivity contribution in [2.45, 2.75) is 12.6 Å². The monoisotopic (exact) mass is 334 g/mol. The van der Waals surface area contributed by atoms with Crippen molar-refractivity contribution < 1.29 is 13.8 Å². The minimum Gasteiger partial charge on any atom is -0.369 e. The molecule has 0 aromatic carbocycles. The second-order valence-electron chi connectivity index (χ2n) is 4.73. The molecule has 10 heteroatoms. The van der Waals surface area contributed by atoms with Gasteiger partial charge >= 0.3 is 12.4 Å². The number of hydrogen-bond donors (Lipinski definition) is 0. The van der Waals surface area contributed by atoms with Crippen LogP contribution < -0.4 is 5.69 Å². The Morgan fingerprint density at radius 3 is 3.00 bits per heavy atom. The van der Waals surface area contributed by atoms with Gasteiger partial charge in [0, 0.05) is 20.3 Å². The van der Waals surface area contributed by atoms with Crippen LogP contribution in [0.3, 0.4) is 0 Å². The summed E-state index contributed by atoms with van der Waals surface area (Å²) in [6.45, 7) is -2.82. The standard InChI is InChI=1S/C11H16ClN4O4P/c1-15(2)7-13-10-3-4-16(11(17)14-10)5-9-6-20-21(12,18)8-19-9/h3-4,7,9H,5-6,8H2,1-2H3/b13-7-/t9-,21?/m0/s1. The molecule has 0 bridgehead atoms. The molecule has 1 fully saturated rings. The maximum Gasteiger partial charge on any atom is 0.349 e. The molecule has 2 heterocycles. The third-order valence-electron chi connectivity index (χ3n) is 2.60. The fraction of sp³-hybridized carbons (Fsp3) is 0.545. The van der Waals surface area contributed by atoms with E-state index in [-0.39, 0.29) is 25.6 Å². The molecule has 21 heavy (non-hydrogen) atoms. The van der Waals surface area contributed by atoms with Crippen molar-refractivity contribution in [3.63, 3.8) is 0 Å². The van der Waals surface area contributed by atoms with Gasteiger partial charge in [-0.1, -0.05) is 0 Å². The highest BCUT2D eigenvalue weighted by Gasteiger charge is 2.29. The molecule has 1 unspecified atom stereocenters. The third-order valence-corrected chi connectivity index (χ3v) is 4.18. The van der Waals surface area contributed by atoms with Gasteiger partial charge in [0.25, 0.3) is 0 Å². The van der Waals surface area contributed by atoms with E-state index in [0.717, 1.165) is 0 Å². The summed E-state index contributed by atoms with van der Waals surface area (Å²) in [6, 6.07) is 1.62. The first-order valence-corrected chi connectivity index (χ1v) is 8.90. The third kappa shape index (κ3) is 4.93. The Balaban J connectivity index is 2.02. The zero-order chi connectivity index (χ0) is 15.5.